The second-order valence-corrected chi connectivity index (χ2v) is 5.65. The number of anilines is 1. The highest BCUT2D eigenvalue weighted by atomic mass is 19.1. The van der Waals surface area contributed by atoms with Gasteiger partial charge in [0.05, 0.1) is 4.92 Å². The second kappa shape index (κ2) is 8.63. The zero-order valence-electron chi connectivity index (χ0n) is 14.5. The lowest BCUT2D eigenvalue weighted by atomic mass is 10.3. The quantitative estimate of drug-likeness (QED) is 0.478. The second-order valence-electron chi connectivity index (χ2n) is 5.65. The first-order valence-corrected chi connectivity index (χ1v) is 8.21. The Balaban J connectivity index is 1.57. The number of nitrogens with zero attached hydrogens (tertiary/aromatic N) is 1. The number of amides is 1. The Labute approximate surface area is 159 Å². The van der Waals surface area contributed by atoms with E-state index in [0.717, 1.165) is 18.2 Å². The van der Waals surface area contributed by atoms with Gasteiger partial charge in [0.25, 0.3) is 5.91 Å². The molecule has 3 rings (SSSR count). The molecule has 0 unspecified atom stereocenters. The molecule has 0 saturated heterocycles. The Morgan fingerprint density at radius 1 is 1.00 bits per heavy atom. The Bertz CT molecular complexity index is 978. The van der Waals surface area contributed by atoms with Crippen molar-refractivity contribution in [2.24, 2.45) is 0 Å². The molecular formula is C20H15FN2O5. The van der Waals surface area contributed by atoms with Gasteiger partial charge in [0.2, 0.25) is 5.75 Å². The molecule has 0 aliphatic heterocycles. The van der Waals surface area contributed by atoms with Crippen LogP contribution >= 0.6 is 0 Å². The maximum atomic E-state index is 13.3. The molecule has 0 fully saturated rings. The van der Waals surface area contributed by atoms with Crippen LogP contribution in [0.15, 0.2) is 72.8 Å². The molecule has 3 aromatic rings. The van der Waals surface area contributed by atoms with Gasteiger partial charge < -0.3 is 14.8 Å². The monoisotopic (exact) mass is 382 g/mol. The van der Waals surface area contributed by atoms with E-state index in [9.17, 15) is 19.3 Å². The predicted molar refractivity (Wildman–Crippen MR) is 100 cm³/mol. The number of hydrogen-bond acceptors (Lipinski definition) is 5. The Morgan fingerprint density at radius 3 is 2.36 bits per heavy atom. The molecule has 0 aromatic heterocycles. The average molecular weight is 382 g/mol. The lowest BCUT2D eigenvalue weighted by Gasteiger charge is -2.09. The van der Waals surface area contributed by atoms with E-state index in [0.29, 0.717) is 17.2 Å². The van der Waals surface area contributed by atoms with Crippen molar-refractivity contribution in [3.63, 3.8) is 0 Å². The molecule has 0 radical (unpaired) electrons. The number of hydrogen-bond donors (Lipinski definition) is 1. The zero-order chi connectivity index (χ0) is 19.9. The summed E-state index contributed by atoms with van der Waals surface area (Å²) in [5.74, 6) is -0.280. The minimum Gasteiger partial charge on any atom is -0.477 e. The van der Waals surface area contributed by atoms with Crippen LogP contribution in [-0.4, -0.2) is 17.4 Å². The Morgan fingerprint density at radius 2 is 1.68 bits per heavy atom. The van der Waals surface area contributed by atoms with E-state index in [1.54, 1.807) is 24.3 Å². The molecular weight excluding hydrogens is 367 g/mol. The van der Waals surface area contributed by atoms with Crippen molar-refractivity contribution >= 4 is 17.3 Å². The first-order chi connectivity index (χ1) is 13.5. The fourth-order valence-electron chi connectivity index (χ4n) is 2.33. The van der Waals surface area contributed by atoms with Gasteiger partial charge in [-0.15, -0.1) is 0 Å². The first-order valence-electron chi connectivity index (χ1n) is 8.21. The maximum Gasteiger partial charge on any atom is 0.311 e. The maximum absolute atomic E-state index is 13.3. The van der Waals surface area contributed by atoms with E-state index in [4.69, 9.17) is 9.47 Å². The standard InChI is InChI=1S/C20H15FN2O5/c21-14-6-11-18(23(25)26)19(12-14)27-13-20(24)22-15-7-9-17(10-8-15)28-16-4-2-1-3-5-16/h1-12H,13H2,(H,22,24). The summed E-state index contributed by atoms with van der Waals surface area (Å²) in [6, 6.07) is 18.7. The largest absolute Gasteiger partial charge is 0.477 e. The number of para-hydroxylation sites is 1. The van der Waals surface area contributed by atoms with Crippen LogP contribution in [0.1, 0.15) is 0 Å². The van der Waals surface area contributed by atoms with E-state index >= 15 is 0 Å². The van der Waals surface area contributed by atoms with Gasteiger partial charge in [-0.1, -0.05) is 18.2 Å². The van der Waals surface area contributed by atoms with Gasteiger partial charge in [0.15, 0.2) is 6.61 Å². The lowest BCUT2D eigenvalue weighted by Crippen LogP contribution is -2.20. The van der Waals surface area contributed by atoms with Crippen LogP contribution in [0.25, 0.3) is 0 Å². The van der Waals surface area contributed by atoms with Crippen LogP contribution < -0.4 is 14.8 Å². The summed E-state index contributed by atoms with van der Waals surface area (Å²) in [6.07, 6.45) is 0. The third-order valence-corrected chi connectivity index (χ3v) is 3.59. The number of carbonyl (C=O) groups excluding carboxylic acids is 1. The van der Waals surface area contributed by atoms with Crippen molar-refractivity contribution < 1.29 is 23.6 Å². The molecule has 0 spiro atoms. The van der Waals surface area contributed by atoms with Crippen LogP contribution in [0.3, 0.4) is 0 Å². The fraction of sp³-hybridized carbons (Fsp3) is 0.0500. The summed E-state index contributed by atoms with van der Waals surface area (Å²) < 4.78 is 24.0. The third-order valence-electron chi connectivity index (χ3n) is 3.59. The average Bonchev–Trinajstić information content (AvgIpc) is 2.68. The van der Waals surface area contributed by atoms with Gasteiger partial charge in [-0.2, -0.15) is 0 Å². The molecule has 0 heterocycles. The number of benzene rings is 3. The van der Waals surface area contributed by atoms with Gasteiger partial charge in [-0.05, 0) is 42.5 Å². The number of nitro benzene ring substituents is 1. The van der Waals surface area contributed by atoms with Crippen molar-refractivity contribution in [1.82, 2.24) is 0 Å². The van der Waals surface area contributed by atoms with Gasteiger partial charge >= 0.3 is 5.69 Å². The van der Waals surface area contributed by atoms with E-state index in [2.05, 4.69) is 5.32 Å². The van der Waals surface area contributed by atoms with Crippen molar-refractivity contribution in [2.45, 2.75) is 0 Å². The molecule has 7 nitrogen and oxygen atoms in total. The summed E-state index contributed by atoms with van der Waals surface area (Å²) in [4.78, 5) is 22.2. The molecule has 0 bridgehead atoms. The van der Waals surface area contributed by atoms with Crippen LogP contribution in [0.2, 0.25) is 0 Å². The smallest absolute Gasteiger partial charge is 0.311 e. The van der Waals surface area contributed by atoms with Gasteiger partial charge in [-0.3, -0.25) is 14.9 Å². The predicted octanol–water partition coefficient (Wildman–Crippen LogP) is 4.54. The molecule has 8 heteroatoms. The fourth-order valence-corrected chi connectivity index (χ4v) is 2.33. The van der Waals surface area contributed by atoms with Gasteiger partial charge in [0.1, 0.15) is 17.3 Å². The van der Waals surface area contributed by atoms with Crippen LogP contribution in [0.4, 0.5) is 15.8 Å². The minimum absolute atomic E-state index is 0.313. The van der Waals surface area contributed by atoms with Gasteiger partial charge in [-0.25, -0.2) is 4.39 Å². The van der Waals surface area contributed by atoms with E-state index in [1.807, 2.05) is 30.3 Å². The van der Waals surface area contributed by atoms with E-state index in [1.165, 1.54) is 0 Å². The number of rotatable bonds is 7. The number of ether oxygens (including phenoxy) is 2. The van der Waals surface area contributed by atoms with E-state index < -0.39 is 28.9 Å². The number of nitrogens with one attached hydrogen (secondary N) is 1. The number of nitro groups is 1. The highest BCUT2D eigenvalue weighted by Crippen LogP contribution is 2.27. The molecule has 0 aliphatic carbocycles. The third kappa shape index (κ3) is 5.04. The topological polar surface area (TPSA) is 90.7 Å². The van der Waals surface area contributed by atoms with Crippen molar-refractivity contribution in [3.8, 4) is 17.2 Å². The zero-order valence-corrected chi connectivity index (χ0v) is 14.5. The normalized spacial score (nSPS) is 10.2. The number of halogens is 1. The Hall–Kier alpha value is -3.94. The SMILES string of the molecule is O=C(COc1cc(F)ccc1[N+](=O)[O-])Nc1ccc(Oc2ccccc2)cc1. The number of carbonyl (C=O) groups is 1. The van der Waals surface area contributed by atoms with Gasteiger partial charge in [0, 0.05) is 17.8 Å². The highest BCUT2D eigenvalue weighted by molar-refractivity contribution is 5.92. The van der Waals surface area contributed by atoms with Crippen LogP contribution in [0, 0.1) is 15.9 Å². The summed E-state index contributed by atoms with van der Waals surface area (Å²) in [5, 5.41) is 13.5. The first kappa shape index (κ1) is 18.8. The molecule has 1 amide bonds. The molecule has 0 atom stereocenters. The lowest BCUT2D eigenvalue weighted by molar-refractivity contribution is -0.385. The summed E-state index contributed by atoms with van der Waals surface area (Å²) in [5.41, 5.74) is 0.0689. The molecule has 142 valence electrons. The molecule has 3 aromatic carbocycles. The molecule has 0 saturated carbocycles. The van der Waals surface area contributed by atoms with Crippen molar-refractivity contribution in [3.05, 3.63) is 88.7 Å². The van der Waals surface area contributed by atoms with Crippen molar-refractivity contribution in [1.29, 1.82) is 0 Å². The van der Waals surface area contributed by atoms with Crippen LogP contribution in [0.5, 0.6) is 17.2 Å². The molecule has 0 aliphatic rings. The Kier molecular flexibility index (Phi) is 5.81. The molecule has 28 heavy (non-hydrogen) atoms. The molecule has 1 N–H and O–H groups in total. The summed E-state index contributed by atoms with van der Waals surface area (Å²) in [6.45, 7) is -0.507. The van der Waals surface area contributed by atoms with E-state index in [-0.39, 0.29) is 5.75 Å². The van der Waals surface area contributed by atoms with Crippen LogP contribution in [-0.2, 0) is 4.79 Å². The minimum atomic E-state index is -0.710. The highest BCUT2D eigenvalue weighted by Gasteiger charge is 2.17. The van der Waals surface area contributed by atoms with Crippen molar-refractivity contribution in [2.75, 3.05) is 11.9 Å². The summed E-state index contributed by atoms with van der Waals surface area (Å²) in [7, 11) is 0. The summed E-state index contributed by atoms with van der Waals surface area (Å²) >= 11 is 0.